The third-order valence-corrected chi connectivity index (χ3v) is 5.39. The van der Waals surface area contributed by atoms with Crippen molar-refractivity contribution in [3.8, 4) is 0 Å². The van der Waals surface area contributed by atoms with Crippen LogP contribution in [0.3, 0.4) is 0 Å². The predicted molar refractivity (Wildman–Crippen MR) is 87.3 cm³/mol. The van der Waals surface area contributed by atoms with Gasteiger partial charge in [-0.15, -0.1) is 0 Å². The Hall–Kier alpha value is -0.930. The van der Waals surface area contributed by atoms with Crippen LogP contribution in [0.1, 0.15) is 44.6 Å². The lowest BCUT2D eigenvalue weighted by Crippen LogP contribution is -2.58. The largest absolute Gasteiger partial charge is 0.311 e. The molecular formula is C18H29N3. The van der Waals surface area contributed by atoms with Crippen molar-refractivity contribution in [3.63, 3.8) is 0 Å². The van der Waals surface area contributed by atoms with Crippen molar-refractivity contribution >= 4 is 0 Å². The summed E-state index contributed by atoms with van der Waals surface area (Å²) in [7, 11) is 0. The summed E-state index contributed by atoms with van der Waals surface area (Å²) in [5.74, 6) is 0.912. The van der Waals surface area contributed by atoms with Gasteiger partial charge in [-0.25, -0.2) is 0 Å². The molecule has 1 saturated carbocycles. The van der Waals surface area contributed by atoms with Gasteiger partial charge in [0.25, 0.3) is 0 Å². The van der Waals surface area contributed by atoms with E-state index in [1.807, 2.05) is 12.4 Å². The zero-order chi connectivity index (χ0) is 14.5. The van der Waals surface area contributed by atoms with Crippen LogP contribution >= 0.6 is 0 Å². The summed E-state index contributed by atoms with van der Waals surface area (Å²) in [6, 6.07) is 5.67. The van der Waals surface area contributed by atoms with Gasteiger partial charge >= 0.3 is 0 Å². The molecule has 1 N–H and O–H groups in total. The molecule has 1 aliphatic carbocycles. The molecule has 0 bridgehead atoms. The minimum absolute atomic E-state index is 0.659. The van der Waals surface area contributed by atoms with Gasteiger partial charge < -0.3 is 5.32 Å². The van der Waals surface area contributed by atoms with Crippen molar-refractivity contribution in [1.29, 1.82) is 0 Å². The molecule has 2 unspecified atom stereocenters. The van der Waals surface area contributed by atoms with Crippen molar-refractivity contribution in [1.82, 2.24) is 15.2 Å². The highest BCUT2D eigenvalue weighted by molar-refractivity contribution is 5.10. The van der Waals surface area contributed by atoms with Gasteiger partial charge in [0.05, 0.1) is 0 Å². The van der Waals surface area contributed by atoms with E-state index in [9.17, 15) is 0 Å². The lowest BCUT2D eigenvalue weighted by molar-refractivity contribution is 0.105. The van der Waals surface area contributed by atoms with Crippen LogP contribution in [0.4, 0.5) is 0 Å². The molecule has 2 heterocycles. The summed E-state index contributed by atoms with van der Waals surface area (Å²) in [4.78, 5) is 6.80. The van der Waals surface area contributed by atoms with Gasteiger partial charge in [-0.2, -0.15) is 0 Å². The summed E-state index contributed by atoms with van der Waals surface area (Å²) in [6.45, 7) is 5.92. The highest BCUT2D eigenvalue weighted by Crippen LogP contribution is 2.28. The molecule has 1 saturated heterocycles. The molecule has 3 nitrogen and oxygen atoms in total. The zero-order valence-electron chi connectivity index (χ0n) is 13.3. The van der Waals surface area contributed by atoms with E-state index in [-0.39, 0.29) is 0 Å². The highest BCUT2D eigenvalue weighted by Gasteiger charge is 2.30. The van der Waals surface area contributed by atoms with Gasteiger partial charge in [0.1, 0.15) is 0 Å². The summed E-state index contributed by atoms with van der Waals surface area (Å²) in [5, 5.41) is 3.82. The first kappa shape index (κ1) is 15.0. The van der Waals surface area contributed by atoms with Crippen LogP contribution in [-0.2, 0) is 6.42 Å². The molecule has 21 heavy (non-hydrogen) atoms. The fraction of sp³-hybridized carbons (Fsp3) is 0.722. The molecule has 2 atom stereocenters. The van der Waals surface area contributed by atoms with Gasteiger partial charge in [-0.1, -0.05) is 19.3 Å². The number of rotatable bonds is 4. The molecule has 2 fully saturated rings. The van der Waals surface area contributed by atoms with Gasteiger partial charge in [-0.3, -0.25) is 9.88 Å². The fourth-order valence-corrected chi connectivity index (χ4v) is 3.93. The number of aromatic nitrogens is 1. The van der Waals surface area contributed by atoms with E-state index in [4.69, 9.17) is 0 Å². The van der Waals surface area contributed by atoms with Crippen molar-refractivity contribution in [2.75, 3.05) is 19.6 Å². The van der Waals surface area contributed by atoms with Crippen LogP contribution in [0.15, 0.2) is 24.5 Å². The molecule has 1 aromatic heterocycles. The Labute approximate surface area is 129 Å². The molecule has 3 rings (SSSR count). The van der Waals surface area contributed by atoms with E-state index in [0.717, 1.165) is 24.9 Å². The normalized spacial score (nSPS) is 28.6. The zero-order valence-corrected chi connectivity index (χ0v) is 13.3. The quantitative estimate of drug-likeness (QED) is 0.923. The molecule has 1 aliphatic heterocycles. The van der Waals surface area contributed by atoms with E-state index >= 15 is 0 Å². The molecule has 0 aromatic carbocycles. The number of piperazine rings is 1. The summed E-state index contributed by atoms with van der Waals surface area (Å²) in [6.07, 6.45) is 12.2. The van der Waals surface area contributed by atoms with Crippen molar-refractivity contribution in [2.45, 2.75) is 57.5 Å². The van der Waals surface area contributed by atoms with Crippen molar-refractivity contribution in [3.05, 3.63) is 30.1 Å². The van der Waals surface area contributed by atoms with Crippen LogP contribution in [0.2, 0.25) is 0 Å². The minimum Gasteiger partial charge on any atom is -0.311 e. The van der Waals surface area contributed by atoms with E-state index in [1.165, 1.54) is 50.8 Å². The molecule has 116 valence electrons. The Kier molecular flexibility index (Phi) is 5.26. The van der Waals surface area contributed by atoms with E-state index in [2.05, 4.69) is 34.3 Å². The number of hydrogen-bond donors (Lipinski definition) is 1. The second-order valence-electron chi connectivity index (χ2n) is 6.86. The van der Waals surface area contributed by atoms with Gasteiger partial charge in [-0.05, 0) is 49.8 Å². The highest BCUT2D eigenvalue weighted by atomic mass is 15.2. The minimum atomic E-state index is 0.659. The number of nitrogens with one attached hydrogen (secondary N) is 1. The van der Waals surface area contributed by atoms with Crippen LogP contribution in [0.5, 0.6) is 0 Å². The fourth-order valence-electron chi connectivity index (χ4n) is 3.93. The molecule has 0 radical (unpaired) electrons. The maximum absolute atomic E-state index is 4.10. The van der Waals surface area contributed by atoms with Gasteiger partial charge in [0.2, 0.25) is 0 Å². The Morgan fingerprint density at radius 1 is 1.19 bits per heavy atom. The van der Waals surface area contributed by atoms with Crippen molar-refractivity contribution < 1.29 is 0 Å². The average molecular weight is 287 g/mol. The molecule has 0 spiro atoms. The standard InChI is InChI=1S/C18H29N3/c1-15-13-20-18(17-5-3-2-4-6-17)14-21(15)12-9-16-7-10-19-11-8-16/h7-8,10-11,15,17-18,20H,2-6,9,12-14H2,1H3. The Bertz CT molecular complexity index is 414. The van der Waals surface area contributed by atoms with Gasteiger partial charge in [0, 0.05) is 44.1 Å². The smallest absolute Gasteiger partial charge is 0.0270 e. The molecule has 3 heteroatoms. The molecule has 2 aliphatic rings. The maximum atomic E-state index is 4.10. The summed E-state index contributed by atoms with van der Waals surface area (Å²) in [5.41, 5.74) is 1.41. The second-order valence-corrected chi connectivity index (χ2v) is 6.86. The monoisotopic (exact) mass is 287 g/mol. The third-order valence-electron chi connectivity index (χ3n) is 5.39. The third kappa shape index (κ3) is 4.04. The maximum Gasteiger partial charge on any atom is 0.0270 e. The molecular weight excluding hydrogens is 258 g/mol. The summed E-state index contributed by atoms with van der Waals surface area (Å²) < 4.78 is 0. The van der Waals surface area contributed by atoms with Crippen molar-refractivity contribution in [2.24, 2.45) is 5.92 Å². The van der Waals surface area contributed by atoms with E-state index in [1.54, 1.807) is 0 Å². The Morgan fingerprint density at radius 3 is 2.71 bits per heavy atom. The number of nitrogens with zero attached hydrogens (tertiary/aromatic N) is 2. The molecule has 1 aromatic rings. The topological polar surface area (TPSA) is 28.2 Å². The van der Waals surface area contributed by atoms with Crippen LogP contribution in [0.25, 0.3) is 0 Å². The average Bonchev–Trinajstić information content (AvgIpc) is 2.56. The van der Waals surface area contributed by atoms with E-state index < -0.39 is 0 Å². The summed E-state index contributed by atoms with van der Waals surface area (Å²) >= 11 is 0. The predicted octanol–water partition coefficient (Wildman–Crippen LogP) is 2.87. The van der Waals surface area contributed by atoms with Gasteiger partial charge in [0.15, 0.2) is 0 Å². The van der Waals surface area contributed by atoms with Crippen LogP contribution < -0.4 is 5.32 Å². The first-order valence-electron chi connectivity index (χ1n) is 8.69. The molecule has 0 amide bonds. The first-order chi connectivity index (χ1) is 10.3. The lowest BCUT2D eigenvalue weighted by Gasteiger charge is -2.43. The number of pyridine rings is 1. The van der Waals surface area contributed by atoms with E-state index in [0.29, 0.717) is 6.04 Å². The Balaban J connectivity index is 1.53. The lowest BCUT2D eigenvalue weighted by atomic mass is 9.82. The Morgan fingerprint density at radius 2 is 1.95 bits per heavy atom. The van der Waals surface area contributed by atoms with Crippen LogP contribution in [-0.4, -0.2) is 41.6 Å². The van der Waals surface area contributed by atoms with Crippen LogP contribution in [0, 0.1) is 5.92 Å². The number of hydrogen-bond acceptors (Lipinski definition) is 3. The second kappa shape index (κ2) is 7.37. The SMILES string of the molecule is CC1CNC(C2CCCCC2)CN1CCc1ccncc1. The first-order valence-corrected chi connectivity index (χ1v) is 8.69.